The Hall–Kier alpha value is -11.2. The van der Waals surface area contributed by atoms with Gasteiger partial charge in [-0.25, -0.2) is 36.8 Å². The number of nitrogens with zero attached hydrogens (tertiary/aromatic N) is 10. The van der Waals surface area contributed by atoms with Gasteiger partial charge in [-0.3, -0.25) is 9.69 Å². The van der Waals surface area contributed by atoms with Crippen LogP contribution in [0.25, 0.3) is 6.08 Å². The molecule has 2 aliphatic heterocycles. The number of para-hydroxylation sites is 2. The van der Waals surface area contributed by atoms with Gasteiger partial charge in [-0.2, -0.15) is 19.9 Å². The number of carbonyl (C=O) groups excluding carboxylic acids is 1. The predicted molar refractivity (Wildman–Crippen MR) is 586 cm³/mol. The van der Waals surface area contributed by atoms with E-state index in [1.807, 2.05) is 68.5 Å². The third-order valence-corrected chi connectivity index (χ3v) is 36.4. The topological polar surface area (TPSA) is 413 Å². The van der Waals surface area contributed by atoms with Gasteiger partial charge >= 0.3 is 0 Å². The summed E-state index contributed by atoms with van der Waals surface area (Å²) in [5.41, 5.74) is 10.2. The fourth-order valence-electron chi connectivity index (χ4n) is 15.3. The van der Waals surface area contributed by atoms with Gasteiger partial charge in [-0.1, -0.05) is 85.1 Å². The third kappa shape index (κ3) is 27.2. The number of ketones is 1. The Balaban J connectivity index is 0.000000170. The van der Waals surface area contributed by atoms with Crippen LogP contribution in [0.2, 0.25) is 15.1 Å². The molecule has 0 amide bonds. The molecule has 0 spiro atoms. The van der Waals surface area contributed by atoms with Gasteiger partial charge in [0.25, 0.3) is 0 Å². The molecule has 0 unspecified atom stereocenters. The molecule has 12 aromatic rings. The van der Waals surface area contributed by atoms with E-state index in [4.69, 9.17) is 63.7 Å². The zero-order chi connectivity index (χ0) is 103. The summed E-state index contributed by atoms with van der Waals surface area (Å²) in [6, 6.07) is 45.3. The summed E-state index contributed by atoms with van der Waals surface area (Å²) < 4.78 is 136. The highest BCUT2D eigenvalue weighted by molar-refractivity contribution is 7.92. The second-order valence-corrected chi connectivity index (χ2v) is 58.7. The number of aromatic nitrogens is 8. The lowest BCUT2D eigenvalue weighted by Gasteiger charge is -2.38. The zero-order valence-electron chi connectivity index (χ0n) is 83.3. The Morgan fingerprint density at radius 3 is 1.30 bits per heavy atom. The first-order chi connectivity index (χ1) is 66.9. The van der Waals surface area contributed by atoms with Crippen LogP contribution in [0.1, 0.15) is 94.6 Å². The summed E-state index contributed by atoms with van der Waals surface area (Å²) in [7, 11) is -14.5. The normalized spacial score (nSPS) is 13.2. The molecule has 1 saturated heterocycles. The molecule has 32 nitrogen and oxygen atoms in total. The van der Waals surface area contributed by atoms with Crippen molar-refractivity contribution >= 4 is 227 Å². The number of methoxy groups -OCH3 is 3. The number of hydrogen-bond acceptors (Lipinski definition) is 32. The highest BCUT2D eigenvalue weighted by Crippen LogP contribution is 2.47. The number of nitrogens with one attached hydrogen (secondary N) is 8. The quantitative estimate of drug-likeness (QED) is 0.0140. The van der Waals surface area contributed by atoms with Gasteiger partial charge in [-0.15, -0.1) is 0 Å². The minimum Gasteiger partial charge on any atom is -0.495 e. The van der Waals surface area contributed by atoms with Gasteiger partial charge in [0.2, 0.25) is 23.8 Å². The molecule has 1 aliphatic carbocycles. The Bertz CT molecular complexity index is 7260. The van der Waals surface area contributed by atoms with Crippen molar-refractivity contribution in [3.8, 4) is 23.0 Å². The lowest BCUT2D eigenvalue weighted by Crippen LogP contribution is -2.48. The van der Waals surface area contributed by atoms with Gasteiger partial charge in [0.05, 0.1) is 112 Å². The standard InChI is InChI=1S/C32H41N6O3P.C23H26ClN4O4PS.C23H28ClN4O3PS.C22H27ClN4O4P2/c1-7-29(39)25-20-23(42(5,6)40)12-14-27(25)33-31-24-9-8-10-26(24)34-32(36-31)35-28-13-11-22(19-30(28)41-4)38-17-15-37(16-18-38)21(2)3;1-14(2)34(30,31)20-8-6-5-7-17(20)26-22-16(24)13-25-23(28-22)27-18-9-10-19(33(3,4)29)15-11-12-32-21(15)18;1-6-16-13-17(32(4,5)29)11-12-19(16)27-23-25-14-18(24)22(28-23)26-20-9-7-8-10-21(20)33(30,31)15(2)3;1-30-19-11-14(32(3,4)28)7-9-17(19)25-21-16(23)13-24-22(27-21)26-18-10-8-15(33(5,6)29)12-20(18)31-2/h8-9,11-14,19-21H,7,10,15-18H2,1-6H3,(H2,33,34,35,36);5-10,13-14H,11-12H2,1-4H3,(H2,25,26,27,28);7-15H,6H2,1-5H3,(H2,25,26,27,28);7-13H,1-6H3,(H2,24,25,26,27). The number of ether oxygens (including phenoxy) is 4. The van der Waals surface area contributed by atoms with Crippen LogP contribution in [0.4, 0.5) is 98.3 Å². The van der Waals surface area contributed by atoms with E-state index >= 15 is 0 Å². The summed E-state index contributed by atoms with van der Waals surface area (Å²) >= 11 is 19.0. The maximum absolute atomic E-state index is 12.9. The molecule has 142 heavy (non-hydrogen) atoms. The SMILES string of the molecule is CC(C)S(=O)(=O)c1ccccc1Nc1nc(Nc2ccc(P(C)(C)=O)c3c2OCC3)ncc1Cl.CCC(=O)c1cc(P(C)(C)=O)ccc1Nc1nc(Nc2ccc(N3CCN(C(C)C)CC3)cc2OC)nc2c1C=CC2.CCc1cc(P(C)(C)=O)ccc1Nc1ncc(Cl)c(Nc2ccccc2S(=O)(=O)C(C)C)n1.COc1cc(P(C)(C)=O)ccc1Nc1ncc(Cl)c(Nc2ccc(P(C)(C)=O)cc2OC)n1. The summed E-state index contributed by atoms with van der Waals surface area (Å²) in [5, 5.41) is 28.8. The van der Waals surface area contributed by atoms with Gasteiger partial charge in [0.1, 0.15) is 79.6 Å². The molecule has 4 aromatic heterocycles. The van der Waals surface area contributed by atoms with Crippen LogP contribution in [-0.4, -0.2) is 205 Å². The zero-order valence-corrected chi connectivity index (χ0v) is 91.7. The molecule has 8 N–H and O–H groups in total. The molecule has 6 heterocycles. The molecular weight excluding hydrogens is 2000 g/mol. The number of aryl methyl sites for hydroxylation is 1. The van der Waals surface area contributed by atoms with E-state index < -0.39 is 65.9 Å². The van der Waals surface area contributed by atoms with Crippen LogP contribution in [-0.2, 0) is 61.8 Å². The van der Waals surface area contributed by atoms with E-state index in [0.717, 1.165) is 82.7 Å². The minimum atomic E-state index is -3.53. The molecule has 42 heteroatoms. The summed E-state index contributed by atoms with van der Waals surface area (Å²) in [6.07, 6.45) is 10.8. The van der Waals surface area contributed by atoms with Crippen molar-refractivity contribution in [2.45, 2.75) is 107 Å². The van der Waals surface area contributed by atoms with E-state index in [-0.39, 0.29) is 49.2 Å². The number of benzene rings is 8. The first-order valence-electron chi connectivity index (χ1n) is 45.8. The molecule has 0 bridgehead atoms. The number of fused-ring (bicyclic) bond motifs is 2. The summed E-state index contributed by atoms with van der Waals surface area (Å²) in [5.74, 6) is 5.12. The third-order valence-electron chi connectivity index (χ3n) is 23.4. The number of hydrogen-bond donors (Lipinski definition) is 8. The Morgan fingerprint density at radius 1 is 0.444 bits per heavy atom. The second kappa shape index (κ2) is 46.2. The van der Waals surface area contributed by atoms with Crippen LogP contribution < -0.4 is 92.9 Å². The van der Waals surface area contributed by atoms with Crippen LogP contribution in [0, 0.1) is 0 Å². The molecule has 0 radical (unpaired) electrons. The molecular formula is C100H122Cl3N18O14P5S2. The van der Waals surface area contributed by atoms with Crippen molar-refractivity contribution in [1.29, 1.82) is 0 Å². The van der Waals surface area contributed by atoms with Crippen molar-refractivity contribution in [1.82, 2.24) is 44.8 Å². The molecule has 1 fully saturated rings. The number of sulfone groups is 2. The van der Waals surface area contributed by atoms with Crippen LogP contribution >= 0.6 is 70.5 Å². The van der Waals surface area contributed by atoms with Gasteiger partial charge in [0, 0.05) is 112 Å². The smallest absolute Gasteiger partial charge is 0.229 e. The van der Waals surface area contributed by atoms with E-state index in [1.54, 1.807) is 199 Å². The average molecular weight is 2130 g/mol. The lowest BCUT2D eigenvalue weighted by atomic mass is 10.1. The minimum absolute atomic E-state index is 0.0252. The second-order valence-electron chi connectivity index (χ2n) is 36.5. The summed E-state index contributed by atoms with van der Waals surface area (Å²) in [6.45, 7) is 36.6. The van der Waals surface area contributed by atoms with E-state index in [2.05, 4.69) is 108 Å². The molecule has 0 saturated carbocycles. The van der Waals surface area contributed by atoms with Crippen molar-refractivity contribution in [2.24, 2.45) is 0 Å². The van der Waals surface area contributed by atoms with E-state index in [9.17, 15) is 44.5 Å². The van der Waals surface area contributed by atoms with Crippen molar-refractivity contribution in [2.75, 3.05) is 168 Å². The largest absolute Gasteiger partial charge is 0.495 e. The molecule has 15 rings (SSSR count). The number of carbonyl (C=O) groups is 1. The maximum atomic E-state index is 12.9. The average Bonchev–Trinajstić information content (AvgIpc) is 1.59. The highest BCUT2D eigenvalue weighted by Gasteiger charge is 2.32. The van der Waals surface area contributed by atoms with Crippen LogP contribution in [0.3, 0.4) is 0 Å². The maximum Gasteiger partial charge on any atom is 0.229 e. The van der Waals surface area contributed by atoms with Crippen LogP contribution in [0.15, 0.2) is 186 Å². The number of rotatable bonds is 33. The molecule has 3 aliphatic rings. The van der Waals surface area contributed by atoms with E-state index in [1.165, 1.54) is 32.8 Å². The number of piperazine rings is 1. The molecule has 0 atom stereocenters. The van der Waals surface area contributed by atoms with Crippen molar-refractivity contribution < 1.29 is 63.4 Å². The Labute approximate surface area is 846 Å². The van der Waals surface area contributed by atoms with Crippen molar-refractivity contribution in [3.05, 3.63) is 219 Å². The highest BCUT2D eigenvalue weighted by atomic mass is 35.5. The number of Topliss-reactive ketones (excluding diaryl/α,β-unsaturated/α-hetero) is 1. The number of allylic oxidation sites excluding steroid dienone is 1. The lowest BCUT2D eigenvalue weighted by molar-refractivity contribution is 0.0988. The summed E-state index contributed by atoms with van der Waals surface area (Å²) in [4.78, 5) is 53.9. The first kappa shape index (κ1) is 110. The van der Waals surface area contributed by atoms with Gasteiger partial charge < -0.3 is 89.2 Å². The van der Waals surface area contributed by atoms with Crippen molar-refractivity contribution in [3.63, 3.8) is 0 Å². The number of anilines is 17. The van der Waals surface area contributed by atoms with Gasteiger partial charge in [-0.05, 0) is 242 Å². The number of halogens is 3. The van der Waals surface area contributed by atoms with Gasteiger partial charge in [0.15, 0.2) is 42.9 Å². The predicted octanol–water partition coefficient (Wildman–Crippen LogP) is 21.6. The molecule has 754 valence electrons. The van der Waals surface area contributed by atoms with Crippen LogP contribution in [0.5, 0.6) is 23.0 Å². The monoisotopic (exact) mass is 2120 g/mol. The first-order valence-corrected chi connectivity index (χ1v) is 63.0. The fourth-order valence-corrected chi connectivity index (χ4v) is 22.9. The fraction of sp³-hybridized carbons (Fsp3) is 0.330. The Kier molecular flexibility index (Phi) is 35.7. The van der Waals surface area contributed by atoms with E-state index in [0.29, 0.717) is 139 Å². The Morgan fingerprint density at radius 2 is 0.845 bits per heavy atom. The molecule has 8 aromatic carbocycles.